The largest absolute Gasteiger partial charge is 0.493 e. The molecular formula is C42H46O10S. The first-order chi connectivity index (χ1) is 25.6. The van der Waals surface area contributed by atoms with Gasteiger partial charge in [0.15, 0.2) is 0 Å². The Morgan fingerprint density at radius 3 is 1.19 bits per heavy atom. The van der Waals surface area contributed by atoms with Crippen LogP contribution in [0.2, 0.25) is 0 Å². The molecule has 6 rings (SSSR count). The summed E-state index contributed by atoms with van der Waals surface area (Å²) in [4.78, 5) is 25.1. The van der Waals surface area contributed by atoms with E-state index in [1.807, 2.05) is 48.5 Å². The maximum Gasteiger partial charge on any atom is 0.311 e. The number of rotatable bonds is 18. The van der Waals surface area contributed by atoms with Crippen molar-refractivity contribution < 1.29 is 46.4 Å². The number of sulfone groups is 1. The van der Waals surface area contributed by atoms with E-state index in [1.54, 1.807) is 0 Å². The standard InChI is InChI=1S/C42H46O10S/c1-3-41(25-47-26-41)29-49-33-11-5-31(6-12-33)9-23-39(43)51-35-15-19-37(20-16-35)53(45,46)38-21-17-36(18-22-38)52-40(44)24-10-32-7-13-34(14-8-32)50-30-42(4-2)27-48-28-42/h5-8,11-22H,3-4,9-10,23-30H2,1-2H3. The molecule has 280 valence electrons. The molecule has 2 fully saturated rings. The molecule has 4 aromatic carbocycles. The molecule has 10 nitrogen and oxygen atoms in total. The number of hydrogen-bond acceptors (Lipinski definition) is 10. The van der Waals surface area contributed by atoms with E-state index in [9.17, 15) is 18.0 Å². The van der Waals surface area contributed by atoms with E-state index in [2.05, 4.69) is 13.8 Å². The second kappa shape index (κ2) is 17.0. The smallest absolute Gasteiger partial charge is 0.311 e. The third-order valence-corrected chi connectivity index (χ3v) is 11.8. The van der Waals surface area contributed by atoms with Crippen LogP contribution in [0.25, 0.3) is 0 Å². The minimum atomic E-state index is -3.87. The van der Waals surface area contributed by atoms with Gasteiger partial charge < -0.3 is 28.4 Å². The number of benzene rings is 4. The second-order valence-electron chi connectivity index (χ2n) is 14.0. The first kappa shape index (κ1) is 38.0. The van der Waals surface area contributed by atoms with Crippen LogP contribution >= 0.6 is 0 Å². The highest BCUT2D eigenvalue weighted by molar-refractivity contribution is 7.91. The fourth-order valence-electron chi connectivity index (χ4n) is 5.91. The van der Waals surface area contributed by atoms with E-state index >= 15 is 0 Å². The Bertz CT molecular complexity index is 1780. The van der Waals surface area contributed by atoms with Gasteiger partial charge in [-0.15, -0.1) is 0 Å². The lowest BCUT2D eigenvalue weighted by atomic mass is 9.84. The summed E-state index contributed by atoms with van der Waals surface area (Å²) < 4.78 is 60.0. The fraction of sp³-hybridized carbons (Fsp3) is 0.381. The molecule has 53 heavy (non-hydrogen) atoms. The average Bonchev–Trinajstić information content (AvgIpc) is 3.14. The summed E-state index contributed by atoms with van der Waals surface area (Å²) in [7, 11) is -3.87. The molecule has 4 aromatic rings. The van der Waals surface area contributed by atoms with Crippen LogP contribution in [0.5, 0.6) is 23.0 Å². The predicted octanol–water partition coefficient (Wildman–Crippen LogP) is 7.21. The first-order valence-electron chi connectivity index (χ1n) is 18.0. The number of carbonyl (C=O) groups is 2. The third-order valence-electron chi connectivity index (χ3n) is 10.0. The molecule has 2 aliphatic heterocycles. The van der Waals surface area contributed by atoms with E-state index < -0.39 is 21.8 Å². The number of carbonyl (C=O) groups excluding carboxylic acids is 2. The summed E-state index contributed by atoms with van der Waals surface area (Å²) in [6.45, 7) is 8.41. The fourth-order valence-corrected chi connectivity index (χ4v) is 7.17. The molecule has 11 heteroatoms. The highest BCUT2D eigenvalue weighted by atomic mass is 32.2. The van der Waals surface area contributed by atoms with Gasteiger partial charge in [0.2, 0.25) is 9.84 Å². The van der Waals surface area contributed by atoms with Gasteiger partial charge in [0.1, 0.15) is 23.0 Å². The van der Waals surface area contributed by atoms with Gasteiger partial charge in [0.05, 0.1) is 60.3 Å². The number of hydrogen-bond donors (Lipinski definition) is 0. The van der Waals surface area contributed by atoms with Crippen LogP contribution in [0.1, 0.15) is 50.7 Å². The van der Waals surface area contributed by atoms with Crippen molar-refractivity contribution in [1.29, 1.82) is 0 Å². The van der Waals surface area contributed by atoms with Crippen molar-refractivity contribution >= 4 is 21.8 Å². The third kappa shape index (κ3) is 9.84. The maximum atomic E-state index is 13.3. The number of ether oxygens (including phenoxy) is 6. The van der Waals surface area contributed by atoms with Crippen molar-refractivity contribution in [2.45, 2.75) is 62.2 Å². The highest BCUT2D eigenvalue weighted by Gasteiger charge is 2.38. The summed E-state index contributed by atoms with van der Waals surface area (Å²) in [5.74, 6) is 1.20. The van der Waals surface area contributed by atoms with Gasteiger partial charge in [-0.25, -0.2) is 8.42 Å². The molecule has 0 amide bonds. The van der Waals surface area contributed by atoms with Crippen molar-refractivity contribution in [3.8, 4) is 23.0 Å². The molecule has 2 aliphatic rings. The molecule has 0 aromatic heterocycles. The molecule has 0 saturated carbocycles. The molecule has 0 N–H and O–H groups in total. The Morgan fingerprint density at radius 2 is 0.887 bits per heavy atom. The summed E-state index contributed by atoms with van der Waals surface area (Å²) in [6, 6.07) is 26.7. The van der Waals surface area contributed by atoms with Gasteiger partial charge in [-0.3, -0.25) is 9.59 Å². The van der Waals surface area contributed by atoms with Crippen LogP contribution < -0.4 is 18.9 Å². The highest BCUT2D eigenvalue weighted by Crippen LogP contribution is 2.33. The van der Waals surface area contributed by atoms with Gasteiger partial charge in [-0.2, -0.15) is 0 Å². The lowest BCUT2D eigenvalue weighted by Crippen LogP contribution is -2.46. The quantitative estimate of drug-likeness (QED) is 0.0764. The lowest BCUT2D eigenvalue weighted by Gasteiger charge is -2.40. The molecule has 0 radical (unpaired) electrons. The van der Waals surface area contributed by atoms with Crippen LogP contribution in [-0.4, -0.2) is 60.0 Å². The van der Waals surface area contributed by atoms with E-state index in [0.717, 1.165) is 61.9 Å². The van der Waals surface area contributed by atoms with E-state index in [1.165, 1.54) is 48.5 Å². The van der Waals surface area contributed by atoms with Gasteiger partial charge in [-0.05, 0) is 110 Å². The minimum Gasteiger partial charge on any atom is -0.493 e. The number of aryl methyl sites for hydroxylation is 2. The Morgan fingerprint density at radius 1 is 0.547 bits per heavy atom. The number of esters is 2. The molecule has 0 atom stereocenters. The molecule has 0 unspecified atom stereocenters. The molecule has 2 saturated heterocycles. The first-order valence-corrected chi connectivity index (χ1v) is 19.5. The summed E-state index contributed by atoms with van der Waals surface area (Å²) in [5.41, 5.74) is 2.15. The van der Waals surface area contributed by atoms with Crippen LogP contribution in [0, 0.1) is 10.8 Å². The summed E-state index contributed by atoms with van der Waals surface area (Å²) >= 11 is 0. The van der Waals surface area contributed by atoms with Crippen molar-refractivity contribution in [3.05, 3.63) is 108 Å². The normalized spacial score (nSPS) is 15.7. The van der Waals surface area contributed by atoms with E-state index in [0.29, 0.717) is 26.1 Å². The average molecular weight is 743 g/mol. The van der Waals surface area contributed by atoms with Crippen molar-refractivity contribution in [2.75, 3.05) is 39.6 Å². The Kier molecular flexibility index (Phi) is 12.2. The minimum absolute atomic E-state index is 0.0392. The van der Waals surface area contributed by atoms with Gasteiger partial charge in [0.25, 0.3) is 0 Å². The Balaban J connectivity index is 0.920. The van der Waals surface area contributed by atoms with Crippen LogP contribution in [0.4, 0.5) is 0 Å². The summed E-state index contributed by atoms with van der Waals surface area (Å²) in [6.07, 6.45) is 3.31. The predicted molar refractivity (Wildman–Crippen MR) is 197 cm³/mol. The van der Waals surface area contributed by atoms with E-state index in [4.69, 9.17) is 28.4 Å². The van der Waals surface area contributed by atoms with Crippen molar-refractivity contribution in [1.82, 2.24) is 0 Å². The molecular weight excluding hydrogens is 697 g/mol. The summed E-state index contributed by atoms with van der Waals surface area (Å²) in [5, 5.41) is 0. The molecule has 0 aliphatic carbocycles. The molecule has 0 spiro atoms. The van der Waals surface area contributed by atoms with E-state index in [-0.39, 0.29) is 45.0 Å². The SMILES string of the molecule is CCC1(COc2ccc(CCC(=O)Oc3ccc(S(=O)(=O)c4ccc(OC(=O)CCc5ccc(OCC6(CC)COC6)cc5)cc4)cc3)cc2)COC1. The topological polar surface area (TPSA) is 124 Å². The van der Waals surface area contributed by atoms with Gasteiger partial charge in [0, 0.05) is 12.8 Å². The van der Waals surface area contributed by atoms with Crippen LogP contribution in [0.15, 0.2) is 107 Å². The zero-order valence-electron chi connectivity index (χ0n) is 30.2. The van der Waals surface area contributed by atoms with Gasteiger partial charge >= 0.3 is 11.9 Å². The Labute approximate surface area is 311 Å². The molecule has 0 bridgehead atoms. The van der Waals surface area contributed by atoms with Gasteiger partial charge in [-0.1, -0.05) is 38.1 Å². The monoisotopic (exact) mass is 742 g/mol. The zero-order valence-corrected chi connectivity index (χ0v) is 31.0. The van der Waals surface area contributed by atoms with Crippen molar-refractivity contribution in [3.63, 3.8) is 0 Å². The zero-order chi connectivity index (χ0) is 37.3. The molecule has 2 heterocycles. The van der Waals surface area contributed by atoms with Crippen LogP contribution in [0.3, 0.4) is 0 Å². The van der Waals surface area contributed by atoms with Crippen molar-refractivity contribution in [2.24, 2.45) is 10.8 Å². The Hall–Kier alpha value is -4.71. The van der Waals surface area contributed by atoms with Crippen LogP contribution in [-0.2, 0) is 41.7 Å². The lowest BCUT2D eigenvalue weighted by molar-refractivity contribution is -0.135. The maximum absolute atomic E-state index is 13.3. The second-order valence-corrected chi connectivity index (χ2v) is 15.9.